The molecule has 2 aliphatic heterocycles. The van der Waals surface area contributed by atoms with Crippen molar-refractivity contribution in [1.82, 2.24) is 4.90 Å². The summed E-state index contributed by atoms with van der Waals surface area (Å²) in [6.07, 6.45) is 1.32. The Balaban J connectivity index is 1.93. The van der Waals surface area contributed by atoms with Crippen molar-refractivity contribution < 1.29 is 9.47 Å². The summed E-state index contributed by atoms with van der Waals surface area (Å²) in [5.74, 6) is 0.316. The first kappa shape index (κ1) is 16.4. The molecule has 1 aromatic rings. The molecular weight excluding hydrogens is 342 g/mol. The summed E-state index contributed by atoms with van der Waals surface area (Å²) in [5.41, 5.74) is 1.23. The zero-order valence-corrected chi connectivity index (χ0v) is 15.4. The lowest BCUT2D eigenvalue weighted by molar-refractivity contribution is -0.292. The molecule has 3 nitrogen and oxygen atoms in total. The molecule has 4 heteroatoms. The molecule has 0 amide bonds. The third-order valence-corrected chi connectivity index (χ3v) is 5.98. The summed E-state index contributed by atoms with van der Waals surface area (Å²) in [7, 11) is 2.14. The van der Waals surface area contributed by atoms with Crippen molar-refractivity contribution in [2.45, 2.75) is 51.4 Å². The molecule has 0 aromatic heterocycles. The fourth-order valence-corrected chi connectivity index (χ4v) is 4.29. The normalized spacial score (nSPS) is 39.2. The molecule has 0 unspecified atom stereocenters. The molecule has 2 heterocycles. The molecule has 5 atom stereocenters. The maximum atomic E-state index is 6.61. The Morgan fingerprint density at radius 2 is 1.95 bits per heavy atom. The van der Waals surface area contributed by atoms with Gasteiger partial charge in [-0.25, -0.2) is 4.90 Å². The van der Waals surface area contributed by atoms with Crippen LogP contribution in [-0.4, -0.2) is 35.3 Å². The second-order valence-electron chi connectivity index (χ2n) is 6.91. The first-order valence-electron chi connectivity index (χ1n) is 8.19. The van der Waals surface area contributed by atoms with E-state index in [0.29, 0.717) is 11.8 Å². The van der Waals surface area contributed by atoms with Gasteiger partial charge in [0.05, 0.1) is 6.10 Å². The highest BCUT2D eigenvalue weighted by molar-refractivity contribution is 9.09. The molecule has 1 spiro atoms. The van der Waals surface area contributed by atoms with Gasteiger partial charge >= 0.3 is 0 Å². The van der Waals surface area contributed by atoms with Crippen molar-refractivity contribution in [3.63, 3.8) is 0 Å². The van der Waals surface area contributed by atoms with Gasteiger partial charge in [-0.3, -0.25) is 0 Å². The van der Waals surface area contributed by atoms with E-state index in [-0.39, 0.29) is 18.2 Å². The van der Waals surface area contributed by atoms with Gasteiger partial charge in [-0.05, 0) is 31.9 Å². The van der Waals surface area contributed by atoms with Crippen LogP contribution in [0.1, 0.15) is 38.9 Å². The summed E-state index contributed by atoms with van der Waals surface area (Å²) in [4.78, 5) is 2.30. The van der Waals surface area contributed by atoms with Crippen molar-refractivity contribution in [3.05, 3.63) is 35.9 Å². The van der Waals surface area contributed by atoms with Crippen LogP contribution in [0.15, 0.2) is 30.3 Å². The molecule has 2 fully saturated rings. The zero-order valence-electron chi connectivity index (χ0n) is 13.8. The summed E-state index contributed by atoms with van der Waals surface area (Å²) < 4.78 is 13.0. The Labute approximate surface area is 142 Å². The second-order valence-corrected chi connectivity index (χ2v) is 7.56. The van der Waals surface area contributed by atoms with E-state index in [2.05, 4.69) is 72.9 Å². The molecule has 22 heavy (non-hydrogen) atoms. The van der Waals surface area contributed by atoms with Crippen LogP contribution in [0.2, 0.25) is 0 Å². The summed E-state index contributed by atoms with van der Waals surface area (Å²) in [5, 5.41) is 0.861. The van der Waals surface area contributed by atoms with Crippen LogP contribution in [-0.2, 0) is 9.47 Å². The van der Waals surface area contributed by atoms with Gasteiger partial charge in [0.2, 0.25) is 5.91 Å². The number of benzene rings is 1. The standard InChI is InChI=1S/C18H26BrNO2/c1-12(2)16-10-15(11-19)21-18(16)20(4)13(3)17(22-18)14-8-6-5-7-9-14/h5-9,12-13,15-17H,10-11H2,1-4H3/t13-,15-,16+,17+,18-/m1/s1. The lowest BCUT2D eigenvalue weighted by atomic mass is 9.89. The number of rotatable bonds is 3. The van der Waals surface area contributed by atoms with Crippen molar-refractivity contribution in [2.75, 3.05) is 12.4 Å². The van der Waals surface area contributed by atoms with Crippen molar-refractivity contribution in [3.8, 4) is 0 Å². The predicted octanol–water partition coefficient (Wildman–Crippen LogP) is 4.19. The molecular formula is C18H26BrNO2. The number of nitrogens with zero attached hydrogens (tertiary/aromatic N) is 1. The largest absolute Gasteiger partial charge is 0.333 e. The van der Waals surface area contributed by atoms with E-state index in [9.17, 15) is 0 Å². The summed E-state index contributed by atoms with van der Waals surface area (Å²) in [6.45, 7) is 6.77. The van der Waals surface area contributed by atoms with Crippen LogP contribution >= 0.6 is 15.9 Å². The Bertz CT molecular complexity index is 509. The topological polar surface area (TPSA) is 21.7 Å². The SMILES string of the molecule is CC(C)[C@@H]1C[C@H](CBr)O[C@@]12O[C@H](c1ccccc1)[C@@H](C)N2C. The Kier molecular flexibility index (Phi) is 4.66. The lowest BCUT2D eigenvalue weighted by Gasteiger charge is -2.38. The number of halogens is 1. The minimum Gasteiger partial charge on any atom is -0.333 e. The lowest BCUT2D eigenvalue weighted by Crippen LogP contribution is -2.51. The van der Waals surface area contributed by atoms with Crippen LogP contribution in [0.3, 0.4) is 0 Å². The van der Waals surface area contributed by atoms with Crippen molar-refractivity contribution >= 4 is 15.9 Å². The molecule has 2 saturated heterocycles. The quantitative estimate of drug-likeness (QED) is 0.747. The first-order valence-corrected chi connectivity index (χ1v) is 9.31. The predicted molar refractivity (Wildman–Crippen MR) is 91.8 cm³/mol. The molecule has 0 aliphatic carbocycles. The highest BCUT2D eigenvalue weighted by Gasteiger charge is 2.60. The van der Waals surface area contributed by atoms with Gasteiger partial charge in [-0.2, -0.15) is 0 Å². The van der Waals surface area contributed by atoms with Crippen LogP contribution in [0, 0.1) is 11.8 Å². The Morgan fingerprint density at radius 3 is 2.55 bits per heavy atom. The van der Waals surface area contributed by atoms with E-state index in [4.69, 9.17) is 9.47 Å². The van der Waals surface area contributed by atoms with Gasteiger partial charge < -0.3 is 9.47 Å². The third-order valence-electron chi connectivity index (χ3n) is 5.26. The number of alkyl halides is 1. The minimum absolute atomic E-state index is 0.0570. The fourth-order valence-electron chi connectivity index (χ4n) is 3.89. The number of likely N-dealkylation sites (N-methyl/N-ethyl adjacent to an activating group) is 1. The van der Waals surface area contributed by atoms with E-state index in [1.807, 2.05) is 6.07 Å². The van der Waals surface area contributed by atoms with E-state index in [0.717, 1.165) is 11.8 Å². The molecule has 2 aliphatic rings. The molecule has 0 bridgehead atoms. The number of hydrogen-bond acceptors (Lipinski definition) is 3. The first-order chi connectivity index (χ1) is 10.5. The smallest absolute Gasteiger partial charge is 0.234 e. The summed E-state index contributed by atoms with van der Waals surface area (Å²) >= 11 is 3.58. The van der Waals surface area contributed by atoms with Crippen LogP contribution in [0.4, 0.5) is 0 Å². The van der Waals surface area contributed by atoms with Gasteiger partial charge in [0.25, 0.3) is 0 Å². The summed E-state index contributed by atoms with van der Waals surface area (Å²) in [6, 6.07) is 10.8. The van der Waals surface area contributed by atoms with E-state index in [1.165, 1.54) is 5.56 Å². The monoisotopic (exact) mass is 367 g/mol. The van der Waals surface area contributed by atoms with Crippen molar-refractivity contribution in [1.29, 1.82) is 0 Å². The highest BCUT2D eigenvalue weighted by Crippen LogP contribution is 2.52. The average Bonchev–Trinajstić information content (AvgIpc) is 3.02. The molecule has 1 aromatic carbocycles. The zero-order chi connectivity index (χ0) is 15.9. The van der Waals surface area contributed by atoms with E-state index in [1.54, 1.807) is 0 Å². The van der Waals surface area contributed by atoms with E-state index >= 15 is 0 Å². The van der Waals surface area contributed by atoms with Crippen molar-refractivity contribution in [2.24, 2.45) is 11.8 Å². The molecule has 0 saturated carbocycles. The average molecular weight is 368 g/mol. The Hall–Kier alpha value is -0.420. The minimum atomic E-state index is -0.591. The molecule has 3 rings (SSSR count). The van der Waals surface area contributed by atoms with Crippen LogP contribution in [0.5, 0.6) is 0 Å². The van der Waals surface area contributed by atoms with Crippen LogP contribution in [0.25, 0.3) is 0 Å². The van der Waals surface area contributed by atoms with Crippen LogP contribution < -0.4 is 0 Å². The molecule has 0 N–H and O–H groups in total. The third kappa shape index (κ3) is 2.54. The fraction of sp³-hybridized carbons (Fsp3) is 0.667. The highest BCUT2D eigenvalue weighted by atomic mass is 79.9. The van der Waals surface area contributed by atoms with Gasteiger partial charge in [0.15, 0.2) is 0 Å². The van der Waals surface area contributed by atoms with Gasteiger partial charge in [0, 0.05) is 17.3 Å². The van der Waals surface area contributed by atoms with Gasteiger partial charge in [0.1, 0.15) is 6.10 Å². The maximum Gasteiger partial charge on any atom is 0.234 e. The van der Waals surface area contributed by atoms with Gasteiger partial charge in [-0.1, -0.05) is 60.1 Å². The van der Waals surface area contributed by atoms with E-state index < -0.39 is 5.91 Å². The molecule has 122 valence electrons. The molecule has 0 radical (unpaired) electrons. The number of hydrogen-bond donors (Lipinski definition) is 0. The number of ether oxygens (including phenoxy) is 2. The maximum absolute atomic E-state index is 6.61. The van der Waals surface area contributed by atoms with Gasteiger partial charge in [-0.15, -0.1) is 0 Å². The second kappa shape index (κ2) is 6.23. The Morgan fingerprint density at radius 1 is 1.27 bits per heavy atom.